The van der Waals surface area contributed by atoms with Gasteiger partial charge in [0.25, 0.3) is 5.91 Å². The maximum Gasteiger partial charge on any atom is 0.275 e. The molecule has 0 unspecified atom stereocenters. The number of hydrogen-bond donors (Lipinski definition) is 1. The lowest BCUT2D eigenvalue weighted by Gasteiger charge is -2.07. The van der Waals surface area contributed by atoms with Gasteiger partial charge >= 0.3 is 0 Å². The van der Waals surface area contributed by atoms with Gasteiger partial charge in [0.15, 0.2) is 5.82 Å². The molecule has 3 aromatic rings. The van der Waals surface area contributed by atoms with Gasteiger partial charge in [-0.05, 0) is 25.5 Å². The largest absolute Gasteiger partial charge is 0.345 e. The van der Waals surface area contributed by atoms with E-state index in [1.54, 1.807) is 28.7 Å². The lowest BCUT2D eigenvalue weighted by molar-refractivity contribution is 0.101. The molecule has 0 aliphatic rings. The highest BCUT2D eigenvalue weighted by Gasteiger charge is 2.18. The van der Waals surface area contributed by atoms with Gasteiger partial charge in [-0.25, -0.2) is 9.97 Å². The highest BCUT2D eigenvalue weighted by Crippen LogP contribution is 2.23. The van der Waals surface area contributed by atoms with E-state index in [9.17, 15) is 4.79 Å². The Morgan fingerprint density at radius 1 is 1.21 bits per heavy atom. The molecule has 0 fully saturated rings. The van der Waals surface area contributed by atoms with Gasteiger partial charge in [-0.15, -0.1) is 0 Å². The topological polar surface area (TPSA) is 77.6 Å². The van der Waals surface area contributed by atoms with Gasteiger partial charge in [-0.3, -0.25) is 9.48 Å². The van der Waals surface area contributed by atoms with Gasteiger partial charge in [0.05, 0.1) is 28.8 Å². The van der Waals surface area contributed by atoms with E-state index in [0.29, 0.717) is 22.2 Å². The van der Waals surface area contributed by atoms with Crippen LogP contribution in [0.3, 0.4) is 0 Å². The van der Waals surface area contributed by atoms with Crippen molar-refractivity contribution in [1.29, 1.82) is 0 Å². The van der Waals surface area contributed by atoms with Crippen molar-refractivity contribution in [2.45, 2.75) is 13.8 Å². The number of carbonyl (C=O) groups is 1. The fraction of sp³-hybridized carbons (Fsp3) is 0.250. The summed E-state index contributed by atoms with van der Waals surface area (Å²) in [7, 11) is 3.62. The predicted octanol–water partition coefficient (Wildman–Crippen LogP) is 2.74. The molecule has 0 saturated carbocycles. The Balaban J connectivity index is 1.81. The summed E-state index contributed by atoms with van der Waals surface area (Å²) in [4.78, 5) is 21.0. The highest BCUT2D eigenvalue weighted by atomic mass is 35.5. The summed E-state index contributed by atoms with van der Waals surface area (Å²) in [5.41, 5.74) is 3.68. The van der Waals surface area contributed by atoms with Gasteiger partial charge in [-0.2, -0.15) is 5.10 Å². The number of carbonyl (C=O) groups excluding carboxylic acids is 1. The minimum absolute atomic E-state index is 0.325. The van der Waals surface area contributed by atoms with E-state index >= 15 is 0 Å². The van der Waals surface area contributed by atoms with E-state index in [-0.39, 0.29) is 5.91 Å². The molecule has 0 saturated heterocycles. The normalized spacial score (nSPS) is 10.9. The summed E-state index contributed by atoms with van der Waals surface area (Å²) in [5.74, 6) is 0.0339. The Hall–Kier alpha value is -2.67. The quantitative estimate of drug-likeness (QED) is 0.792. The predicted molar refractivity (Wildman–Crippen MR) is 92.1 cm³/mol. The number of aromatic nitrogens is 5. The van der Waals surface area contributed by atoms with Crippen molar-refractivity contribution in [3.05, 3.63) is 46.6 Å². The van der Waals surface area contributed by atoms with Gasteiger partial charge in [0.2, 0.25) is 0 Å². The number of hydrogen-bond acceptors (Lipinski definition) is 4. The van der Waals surface area contributed by atoms with E-state index in [1.165, 1.54) is 6.20 Å². The molecule has 124 valence electrons. The van der Waals surface area contributed by atoms with E-state index in [1.807, 2.05) is 27.0 Å². The molecular formula is C16H17ClN6O. The maximum atomic E-state index is 12.4. The zero-order chi connectivity index (χ0) is 17.4. The van der Waals surface area contributed by atoms with Crippen molar-refractivity contribution in [2.75, 3.05) is 5.32 Å². The maximum absolute atomic E-state index is 12.4. The van der Waals surface area contributed by atoms with Crippen LogP contribution in [0.4, 0.5) is 5.82 Å². The molecule has 8 heteroatoms. The highest BCUT2D eigenvalue weighted by molar-refractivity contribution is 6.35. The number of nitrogens with one attached hydrogen (secondary N) is 1. The van der Waals surface area contributed by atoms with Crippen LogP contribution in [-0.4, -0.2) is 30.2 Å². The van der Waals surface area contributed by atoms with E-state index in [2.05, 4.69) is 20.4 Å². The molecule has 1 N–H and O–H groups in total. The Morgan fingerprint density at radius 3 is 2.46 bits per heavy atom. The standard InChI is InChI=1S/C16H17ClN6O/c1-9-8-22(3)15(14(9)17)16(24)20-13-7-18-11(6-19-13)12-5-10(2)21-23(12)4/h5-8H,1-4H3,(H,19,20,24). The third-order valence-corrected chi connectivity index (χ3v) is 4.14. The molecule has 7 nitrogen and oxygen atoms in total. The van der Waals surface area contributed by atoms with E-state index < -0.39 is 0 Å². The van der Waals surface area contributed by atoms with Gasteiger partial charge in [0.1, 0.15) is 11.4 Å². The summed E-state index contributed by atoms with van der Waals surface area (Å²) < 4.78 is 3.43. The Labute approximate surface area is 144 Å². The molecule has 0 aromatic carbocycles. The number of rotatable bonds is 3. The molecule has 3 rings (SSSR count). The minimum Gasteiger partial charge on any atom is -0.345 e. The summed E-state index contributed by atoms with van der Waals surface area (Å²) in [6.07, 6.45) is 4.92. The van der Waals surface area contributed by atoms with Crippen LogP contribution in [0.15, 0.2) is 24.7 Å². The van der Waals surface area contributed by atoms with E-state index in [0.717, 1.165) is 17.0 Å². The second-order valence-corrected chi connectivity index (χ2v) is 6.00. The van der Waals surface area contributed by atoms with Crippen LogP contribution in [0.2, 0.25) is 5.02 Å². The van der Waals surface area contributed by atoms with Crippen LogP contribution in [0.1, 0.15) is 21.7 Å². The zero-order valence-corrected chi connectivity index (χ0v) is 14.6. The molecule has 3 aromatic heterocycles. The number of halogens is 1. The smallest absolute Gasteiger partial charge is 0.275 e. The Kier molecular flexibility index (Phi) is 4.11. The number of aryl methyl sites for hydroxylation is 4. The van der Waals surface area contributed by atoms with Crippen LogP contribution in [-0.2, 0) is 14.1 Å². The summed E-state index contributed by atoms with van der Waals surface area (Å²) in [6, 6.07) is 1.93. The molecule has 0 atom stereocenters. The summed E-state index contributed by atoms with van der Waals surface area (Å²) in [6.45, 7) is 3.76. The van der Waals surface area contributed by atoms with Gasteiger partial charge < -0.3 is 9.88 Å². The third kappa shape index (κ3) is 2.90. The Morgan fingerprint density at radius 2 is 1.96 bits per heavy atom. The van der Waals surface area contributed by atoms with Crippen molar-refractivity contribution >= 4 is 23.3 Å². The minimum atomic E-state index is -0.325. The average molecular weight is 345 g/mol. The van der Waals surface area contributed by atoms with Crippen LogP contribution < -0.4 is 5.32 Å². The summed E-state index contributed by atoms with van der Waals surface area (Å²) >= 11 is 6.17. The molecular weight excluding hydrogens is 328 g/mol. The number of amides is 1. The molecule has 3 heterocycles. The monoisotopic (exact) mass is 344 g/mol. The molecule has 1 amide bonds. The van der Waals surface area contributed by atoms with Crippen LogP contribution in [0.5, 0.6) is 0 Å². The van der Waals surface area contributed by atoms with Crippen molar-refractivity contribution in [1.82, 2.24) is 24.3 Å². The lowest BCUT2D eigenvalue weighted by atomic mass is 10.3. The second-order valence-electron chi connectivity index (χ2n) is 5.62. The fourth-order valence-electron chi connectivity index (χ4n) is 2.56. The van der Waals surface area contributed by atoms with Crippen LogP contribution in [0, 0.1) is 13.8 Å². The first-order valence-electron chi connectivity index (χ1n) is 7.32. The van der Waals surface area contributed by atoms with Crippen molar-refractivity contribution in [3.8, 4) is 11.4 Å². The molecule has 0 bridgehead atoms. The van der Waals surface area contributed by atoms with Crippen molar-refractivity contribution in [3.63, 3.8) is 0 Å². The number of anilines is 1. The first-order chi connectivity index (χ1) is 11.4. The molecule has 0 aliphatic heterocycles. The SMILES string of the molecule is Cc1cc(-c2cnc(NC(=O)c3c(Cl)c(C)cn3C)cn2)n(C)n1. The first-order valence-corrected chi connectivity index (χ1v) is 7.70. The number of nitrogens with zero attached hydrogens (tertiary/aromatic N) is 5. The average Bonchev–Trinajstić information content (AvgIpc) is 2.98. The van der Waals surface area contributed by atoms with Gasteiger partial charge in [-0.1, -0.05) is 11.6 Å². The Bertz CT molecular complexity index is 910. The fourth-order valence-corrected chi connectivity index (χ4v) is 2.83. The van der Waals surface area contributed by atoms with Crippen LogP contribution in [0.25, 0.3) is 11.4 Å². The first kappa shape index (κ1) is 16.2. The summed E-state index contributed by atoms with van der Waals surface area (Å²) in [5, 5.41) is 7.43. The van der Waals surface area contributed by atoms with Crippen molar-refractivity contribution in [2.24, 2.45) is 14.1 Å². The lowest BCUT2D eigenvalue weighted by Crippen LogP contribution is -2.17. The molecule has 0 spiro atoms. The van der Waals surface area contributed by atoms with E-state index in [4.69, 9.17) is 11.6 Å². The third-order valence-electron chi connectivity index (χ3n) is 3.67. The molecule has 24 heavy (non-hydrogen) atoms. The van der Waals surface area contributed by atoms with Crippen molar-refractivity contribution < 1.29 is 4.79 Å². The molecule has 0 aliphatic carbocycles. The second kappa shape index (κ2) is 6.09. The molecule has 0 radical (unpaired) electrons. The zero-order valence-electron chi connectivity index (χ0n) is 13.8. The van der Waals surface area contributed by atoms with Crippen LogP contribution >= 0.6 is 11.6 Å². The van der Waals surface area contributed by atoms with Gasteiger partial charge in [0, 0.05) is 20.3 Å².